The maximum absolute atomic E-state index is 16.0. The van der Waals surface area contributed by atoms with Crippen LogP contribution in [0, 0.1) is 11.6 Å². The summed E-state index contributed by atoms with van der Waals surface area (Å²) in [6.07, 6.45) is 2.50. The molecule has 1 N–H and O–H groups in total. The number of anilines is 2. The molecule has 1 aromatic heterocycles. The van der Waals surface area contributed by atoms with E-state index in [2.05, 4.69) is 20.2 Å². The Balaban J connectivity index is 1.29. The van der Waals surface area contributed by atoms with E-state index < -0.39 is 38.3 Å². The topological polar surface area (TPSA) is 96.9 Å². The highest BCUT2D eigenvalue weighted by atomic mass is 32.2. The van der Waals surface area contributed by atoms with E-state index in [9.17, 15) is 21.6 Å². The third kappa shape index (κ3) is 7.80. The summed E-state index contributed by atoms with van der Waals surface area (Å²) < 4.78 is 112. The average molecular weight is 746 g/mol. The van der Waals surface area contributed by atoms with Crippen LogP contribution < -0.4 is 19.1 Å². The van der Waals surface area contributed by atoms with Crippen molar-refractivity contribution in [2.24, 2.45) is 0 Å². The zero-order valence-electron chi connectivity index (χ0n) is 28.9. The van der Waals surface area contributed by atoms with Crippen LogP contribution in [0.15, 0.2) is 78.1 Å². The molecule has 52 heavy (non-hydrogen) atoms. The highest BCUT2D eigenvalue weighted by molar-refractivity contribution is 7.92. The third-order valence-electron chi connectivity index (χ3n) is 10.2. The molecule has 2 fully saturated rings. The van der Waals surface area contributed by atoms with Crippen molar-refractivity contribution in [2.75, 3.05) is 30.9 Å². The highest BCUT2D eigenvalue weighted by Gasteiger charge is 2.39. The molecule has 9 nitrogen and oxygen atoms in total. The largest absolute Gasteiger partial charge is 0.497 e. The average Bonchev–Trinajstić information content (AvgIpc) is 3.11. The number of alkyl halides is 3. The number of halogens is 5. The van der Waals surface area contributed by atoms with Crippen molar-refractivity contribution in [3.63, 3.8) is 0 Å². The van der Waals surface area contributed by atoms with Gasteiger partial charge < -0.3 is 14.8 Å². The lowest BCUT2D eigenvalue weighted by Gasteiger charge is -2.47. The third-order valence-corrected chi connectivity index (χ3v) is 12.0. The molecule has 1 heterocycles. The van der Waals surface area contributed by atoms with Gasteiger partial charge in [-0.3, -0.25) is 4.90 Å². The minimum atomic E-state index is -4.75. The van der Waals surface area contributed by atoms with Crippen LogP contribution in [-0.4, -0.2) is 62.7 Å². The van der Waals surface area contributed by atoms with Gasteiger partial charge in [0.05, 0.1) is 32.0 Å². The van der Waals surface area contributed by atoms with Gasteiger partial charge in [0.15, 0.2) is 0 Å². The molecule has 0 amide bonds. The van der Waals surface area contributed by atoms with Crippen LogP contribution in [0.3, 0.4) is 0 Å². The molecule has 0 bridgehead atoms. The number of hydrogen-bond donors (Lipinski definition) is 1. The molecular formula is C37H40F5N5O4S. The van der Waals surface area contributed by atoms with Crippen LogP contribution in [0.5, 0.6) is 11.5 Å². The second-order valence-corrected chi connectivity index (χ2v) is 15.1. The molecule has 3 atom stereocenters. The van der Waals surface area contributed by atoms with Crippen molar-refractivity contribution in [1.29, 1.82) is 0 Å². The monoisotopic (exact) mass is 745 g/mol. The number of ether oxygens (including phenoxy) is 2. The van der Waals surface area contributed by atoms with Crippen LogP contribution in [0.2, 0.25) is 0 Å². The number of methoxy groups -OCH3 is 2. The molecule has 0 unspecified atom stereocenters. The van der Waals surface area contributed by atoms with E-state index in [4.69, 9.17) is 9.47 Å². The van der Waals surface area contributed by atoms with E-state index in [1.165, 1.54) is 38.6 Å². The molecule has 278 valence electrons. The summed E-state index contributed by atoms with van der Waals surface area (Å²) in [6, 6.07) is 12.7. The van der Waals surface area contributed by atoms with Gasteiger partial charge in [0.2, 0.25) is 0 Å². The quantitative estimate of drug-likeness (QED) is 0.147. The number of aromatic nitrogens is 2. The van der Waals surface area contributed by atoms with Crippen molar-refractivity contribution in [2.45, 2.75) is 80.2 Å². The van der Waals surface area contributed by atoms with Crippen molar-refractivity contribution >= 4 is 21.5 Å². The standard InChI is InChI=1S/C37H40F5N5O4S/c1-46(27-8-5-9-27)33-17-24(23-6-4-7-26(16-23)37(40,41)42)11-13-31(33)45-32-19-30(39)35(20-29(32)38)52(48,49)47(36-14-15-43-22-44-36)21-25-10-12-28(50-2)18-34(25)51-3/h4,6-7,10,12,14-16,18-20,22,24,27,31,33,45H,5,8-9,11,13,17,21H2,1-3H3/t24-,31-,33-/m0/s1. The predicted octanol–water partition coefficient (Wildman–Crippen LogP) is 7.79. The van der Waals surface area contributed by atoms with Gasteiger partial charge in [-0.2, -0.15) is 13.2 Å². The maximum Gasteiger partial charge on any atom is 0.416 e. The van der Waals surface area contributed by atoms with Gasteiger partial charge in [-0.05, 0) is 74.9 Å². The number of rotatable bonds is 12. The molecule has 0 radical (unpaired) electrons. The van der Waals surface area contributed by atoms with E-state index in [0.717, 1.165) is 42.0 Å². The van der Waals surface area contributed by atoms with E-state index in [-0.39, 0.29) is 42.1 Å². The second kappa shape index (κ2) is 15.2. The number of nitrogens with one attached hydrogen (secondary N) is 1. The minimum Gasteiger partial charge on any atom is -0.497 e. The molecule has 2 aliphatic carbocycles. The Morgan fingerprint density at radius 2 is 1.73 bits per heavy atom. The predicted molar refractivity (Wildman–Crippen MR) is 186 cm³/mol. The van der Waals surface area contributed by atoms with Crippen molar-refractivity contribution in [1.82, 2.24) is 14.9 Å². The molecule has 2 saturated carbocycles. The maximum atomic E-state index is 16.0. The first-order valence-electron chi connectivity index (χ1n) is 16.9. The zero-order chi connectivity index (χ0) is 37.2. The zero-order valence-corrected chi connectivity index (χ0v) is 29.7. The van der Waals surface area contributed by atoms with Gasteiger partial charge in [-0.25, -0.2) is 31.5 Å². The molecule has 0 saturated heterocycles. The first-order valence-corrected chi connectivity index (χ1v) is 18.4. The summed E-state index contributed by atoms with van der Waals surface area (Å²) in [5, 5.41) is 3.14. The van der Waals surface area contributed by atoms with Crippen LogP contribution >= 0.6 is 0 Å². The van der Waals surface area contributed by atoms with Gasteiger partial charge >= 0.3 is 6.18 Å². The fraction of sp³-hybridized carbons (Fsp3) is 0.405. The first-order chi connectivity index (χ1) is 24.8. The van der Waals surface area contributed by atoms with Crippen molar-refractivity contribution in [3.05, 3.63) is 102 Å². The first kappa shape index (κ1) is 37.3. The van der Waals surface area contributed by atoms with E-state index in [0.29, 0.717) is 48.0 Å². The SMILES string of the molecule is COc1ccc(CN(c2ccncn2)S(=O)(=O)c2cc(F)c(N[C@H]3CC[C@H](c4cccc(C(F)(F)F)c4)C[C@@H]3N(C)C3CCC3)cc2F)c(OC)c1. The van der Waals surface area contributed by atoms with Gasteiger partial charge in [0.25, 0.3) is 10.0 Å². The Labute approximate surface area is 299 Å². The normalized spacial score (nSPS) is 19.6. The number of likely N-dealkylation sites (N-methyl/N-ethyl adjacent to an activating group) is 1. The van der Waals surface area contributed by atoms with Gasteiger partial charge in [0, 0.05) is 48.1 Å². The molecule has 15 heteroatoms. The summed E-state index contributed by atoms with van der Waals surface area (Å²) in [7, 11) is 0.0924. The van der Waals surface area contributed by atoms with Crippen LogP contribution in [0.1, 0.15) is 61.1 Å². The smallest absolute Gasteiger partial charge is 0.416 e. The molecule has 0 aliphatic heterocycles. The molecule has 2 aliphatic rings. The van der Waals surface area contributed by atoms with E-state index >= 15 is 8.78 Å². The number of benzene rings is 3. The summed E-state index contributed by atoms with van der Waals surface area (Å²) in [5.41, 5.74) is 0.0825. The fourth-order valence-electron chi connectivity index (χ4n) is 7.11. The van der Waals surface area contributed by atoms with Gasteiger partial charge in [-0.15, -0.1) is 0 Å². The second-order valence-electron chi connectivity index (χ2n) is 13.2. The molecule has 6 rings (SSSR count). The summed E-state index contributed by atoms with van der Waals surface area (Å²) in [5.74, 6) is -1.61. The van der Waals surface area contributed by atoms with Gasteiger partial charge in [-0.1, -0.05) is 24.6 Å². The minimum absolute atomic E-state index is 0.0747. The molecule has 4 aromatic rings. The number of hydrogen-bond acceptors (Lipinski definition) is 8. The number of nitrogens with zero attached hydrogens (tertiary/aromatic N) is 4. The van der Waals surface area contributed by atoms with Crippen molar-refractivity contribution in [3.8, 4) is 11.5 Å². The van der Waals surface area contributed by atoms with Crippen LogP contribution in [0.25, 0.3) is 0 Å². The van der Waals surface area contributed by atoms with Crippen LogP contribution in [-0.2, 0) is 22.7 Å². The fourth-order valence-corrected chi connectivity index (χ4v) is 8.57. The van der Waals surface area contributed by atoms with E-state index in [1.807, 2.05) is 7.05 Å². The lowest BCUT2D eigenvalue weighted by atomic mass is 9.76. The molecular weight excluding hydrogens is 705 g/mol. The lowest BCUT2D eigenvalue weighted by Crippen LogP contribution is -2.53. The van der Waals surface area contributed by atoms with Crippen LogP contribution in [0.4, 0.5) is 33.5 Å². The Morgan fingerprint density at radius 1 is 0.942 bits per heavy atom. The lowest BCUT2D eigenvalue weighted by molar-refractivity contribution is -0.137. The number of sulfonamides is 1. The summed E-state index contributed by atoms with van der Waals surface area (Å²) in [4.78, 5) is 9.24. The Hall–Kier alpha value is -4.50. The Bertz CT molecular complexity index is 1980. The highest BCUT2D eigenvalue weighted by Crippen LogP contribution is 2.41. The van der Waals surface area contributed by atoms with Gasteiger partial charge in [0.1, 0.15) is 40.2 Å². The van der Waals surface area contributed by atoms with E-state index in [1.54, 1.807) is 24.3 Å². The summed E-state index contributed by atoms with van der Waals surface area (Å²) >= 11 is 0. The summed E-state index contributed by atoms with van der Waals surface area (Å²) in [6.45, 7) is -0.335. The molecule has 3 aromatic carbocycles. The molecule has 0 spiro atoms. The Kier molecular flexibility index (Phi) is 10.9. The van der Waals surface area contributed by atoms with Crippen molar-refractivity contribution < 1.29 is 39.8 Å². The Morgan fingerprint density at radius 3 is 2.38 bits per heavy atom.